The number of hydrogen-bond donors (Lipinski definition) is 1. The lowest BCUT2D eigenvalue weighted by atomic mass is 10.1. The van der Waals surface area contributed by atoms with Gasteiger partial charge in [0.05, 0.1) is 25.5 Å². The van der Waals surface area contributed by atoms with E-state index in [0.717, 1.165) is 26.9 Å². The maximum absolute atomic E-state index is 13.1. The number of amides is 1. The molecule has 0 atom stereocenters. The third kappa shape index (κ3) is 7.04. The summed E-state index contributed by atoms with van der Waals surface area (Å²) in [6.07, 6.45) is 6.47. The van der Waals surface area contributed by atoms with Crippen molar-refractivity contribution in [1.82, 2.24) is 9.78 Å². The number of benzene rings is 3. The zero-order valence-electron chi connectivity index (χ0n) is 18.9. The van der Waals surface area contributed by atoms with Crippen molar-refractivity contribution < 1.29 is 18.7 Å². The van der Waals surface area contributed by atoms with Crippen LogP contribution >= 0.6 is 15.9 Å². The minimum atomic E-state index is -0.283. The standard InChI is InChI=1S/C27H23BrFN3O3/c1-34-26-12-4-19(14-21(26)18-35-25-10-6-22(28)7-11-25)5-13-27(33)31-24-15-30-32(17-24)16-20-2-8-23(29)9-3-20/h2-15,17H,16,18H2,1H3,(H,31,33). The molecule has 0 aliphatic rings. The molecule has 0 saturated carbocycles. The van der Waals surface area contributed by atoms with E-state index in [2.05, 4.69) is 26.3 Å². The van der Waals surface area contributed by atoms with E-state index in [1.807, 2.05) is 42.5 Å². The Hall–Kier alpha value is -3.91. The molecular weight excluding hydrogens is 513 g/mol. The van der Waals surface area contributed by atoms with E-state index in [1.54, 1.807) is 42.4 Å². The average Bonchev–Trinajstić information content (AvgIpc) is 3.30. The van der Waals surface area contributed by atoms with Crippen LogP contribution < -0.4 is 14.8 Å². The van der Waals surface area contributed by atoms with Gasteiger partial charge in [-0.2, -0.15) is 5.10 Å². The van der Waals surface area contributed by atoms with Gasteiger partial charge < -0.3 is 14.8 Å². The van der Waals surface area contributed by atoms with Crippen LogP contribution in [0.15, 0.2) is 89.7 Å². The van der Waals surface area contributed by atoms with Gasteiger partial charge in [0.15, 0.2) is 0 Å². The lowest BCUT2D eigenvalue weighted by molar-refractivity contribution is -0.111. The zero-order valence-corrected chi connectivity index (χ0v) is 20.5. The topological polar surface area (TPSA) is 65.4 Å². The van der Waals surface area contributed by atoms with Crippen molar-refractivity contribution >= 4 is 33.6 Å². The van der Waals surface area contributed by atoms with Crippen LogP contribution in [0.3, 0.4) is 0 Å². The molecule has 1 amide bonds. The van der Waals surface area contributed by atoms with Crippen LogP contribution in [-0.2, 0) is 17.9 Å². The van der Waals surface area contributed by atoms with Gasteiger partial charge in [-0.3, -0.25) is 9.48 Å². The normalized spacial score (nSPS) is 10.9. The van der Waals surface area contributed by atoms with Crippen molar-refractivity contribution in [2.24, 2.45) is 0 Å². The predicted molar refractivity (Wildman–Crippen MR) is 137 cm³/mol. The quantitative estimate of drug-likeness (QED) is 0.264. The summed E-state index contributed by atoms with van der Waals surface area (Å²) in [5.74, 6) is 0.887. The molecule has 0 fully saturated rings. The maximum Gasteiger partial charge on any atom is 0.248 e. The highest BCUT2D eigenvalue weighted by molar-refractivity contribution is 9.10. The highest BCUT2D eigenvalue weighted by Crippen LogP contribution is 2.24. The second-order valence-corrected chi connectivity index (χ2v) is 8.61. The molecule has 3 aromatic carbocycles. The molecule has 1 heterocycles. The molecule has 0 spiro atoms. The second kappa shape index (κ2) is 11.5. The molecule has 8 heteroatoms. The summed E-state index contributed by atoms with van der Waals surface area (Å²) in [5.41, 5.74) is 3.18. The molecule has 35 heavy (non-hydrogen) atoms. The van der Waals surface area contributed by atoms with Crippen molar-refractivity contribution in [3.63, 3.8) is 0 Å². The molecule has 4 aromatic rings. The molecule has 0 unspecified atom stereocenters. The Morgan fingerprint density at radius 2 is 1.89 bits per heavy atom. The zero-order chi connectivity index (χ0) is 24.6. The first-order chi connectivity index (χ1) is 17.0. The third-order valence-electron chi connectivity index (χ3n) is 5.10. The SMILES string of the molecule is COc1ccc(C=CC(=O)Nc2cnn(Cc3ccc(F)cc3)c2)cc1COc1ccc(Br)cc1. The van der Waals surface area contributed by atoms with Crippen molar-refractivity contribution in [2.45, 2.75) is 13.2 Å². The first-order valence-electron chi connectivity index (χ1n) is 10.8. The lowest BCUT2D eigenvalue weighted by Crippen LogP contribution is -2.07. The first-order valence-corrected chi connectivity index (χ1v) is 11.6. The van der Waals surface area contributed by atoms with Crippen LogP contribution in [0.4, 0.5) is 10.1 Å². The molecule has 0 radical (unpaired) electrons. The molecule has 1 N–H and O–H groups in total. The summed E-state index contributed by atoms with van der Waals surface area (Å²) < 4.78 is 27.0. The number of hydrogen-bond acceptors (Lipinski definition) is 4. The van der Waals surface area contributed by atoms with Crippen LogP contribution in [0.1, 0.15) is 16.7 Å². The Labute approximate surface area is 211 Å². The van der Waals surface area contributed by atoms with Crippen LogP contribution in [-0.4, -0.2) is 22.8 Å². The Balaban J connectivity index is 1.36. The number of halogens is 2. The minimum absolute atomic E-state index is 0.282. The number of carbonyl (C=O) groups excluding carboxylic acids is 1. The average molecular weight is 536 g/mol. The molecular formula is C27H23BrFN3O3. The molecule has 178 valence electrons. The fourth-order valence-electron chi connectivity index (χ4n) is 3.35. The molecule has 0 saturated heterocycles. The third-order valence-corrected chi connectivity index (χ3v) is 5.63. The van der Waals surface area contributed by atoms with E-state index in [0.29, 0.717) is 24.6 Å². The van der Waals surface area contributed by atoms with E-state index in [-0.39, 0.29) is 11.7 Å². The number of nitrogens with zero attached hydrogens (tertiary/aromatic N) is 2. The number of nitrogens with one attached hydrogen (secondary N) is 1. The van der Waals surface area contributed by atoms with Crippen LogP contribution in [0, 0.1) is 5.82 Å². The van der Waals surface area contributed by atoms with Gasteiger partial charge in [-0.1, -0.05) is 34.1 Å². The lowest BCUT2D eigenvalue weighted by Gasteiger charge is -2.11. The van der Waals surface area contributed by atoms with E-state index in [1.165, 1.54) is 18.2 Å². The Kier molecular flexibility index (Phi) is 7.95. The van der Waals surface area contributed by atoms with Crippen molar-refractivity contribution in [3.05, 3.63) is 112 Å². The largest absolute Gasteiger partial charge is 0.496 e. The van der Waals surface area contributed by atoms with E-state index >= 15 is 0 Å². The summed E-state index contributed by atoms with van der Waals surface area (Å²) in [6.45, 7) is 0.800. The van der Waals surface area contributed by atoms with Gasteiger partial charge in [0.1, 0.15) is 23.9 Å². The number of aromatic nitrogens is 2. The van der Waals surface area contributed by atoms with Gasteiger partial charge in [-0.25, -0.2) is 4.39 Å². The molecule has 0 aliphatic heterocycles. The summed E-state index contributed by atoms with van der Waals surface area (Å²) in [4.78, 5) is 12.4. The van der Waals surface area contributed by atoms with Gasteiger partial charge in [0.2, 0.25) is 5.91 Å². The second-order valence-electron chi connectivity index (χ2n) is 7.69. The molecule has 4 rings (SSSR count). The Bertz CT molecular complexity index is 1320. The minimum Gasteiger partial charge on any atom is -0.496 e. The van der Waals surface area contributed by atoms with Gasteiger partial charge in [0, 0.05) is 22.3 Å². The van der Waals surface area contributed by atoms with E-state index < -0.39 is 0 Å². The first kappa shape index (κ1) is 24.2. The molecule has 6 nitrogen and oxygen atoms in total. The van der Waals surface area contributed by atoms with Gasteiger partial charge in [0.25, 0.3) is 0 Å². The number of carbonyl (C=O) groups is 1. The number of methoxy groups -OCH3 is 1. The smallest absolute Gasteiger partial charge is 0.248 e. The van der Waals surface area contributed by atoms with Crippen molar-refractivity contribution in [3.8, 4) is 11.5 Å². The Morgan fingerprint density at radius 1 is 1.11 bits per heavy atom. The van der Waals surface area contributed by atoms with Gasteiger partial charge in [-0.15, -0.1) is 0 Å². The summed E-state index contributed by atoms with van der Waals surface area (Å²) in [7, 11) is 1.61. The fourth-order valence-corrected chi connectivity index (χ4v) is 3.62. The summed E-state index contributed by atoms with van der Waals surface area (Å²) in [6, 6.07) is 19.4. The van der Waals surface area contributed by atoms with Crippen LogP contribution in [0.5, 0.6) is 11.5 Å². The van der Waals surface area contributed by atoms with Crippen molar-refractivity contribution in [1.29, 1.82) is 0 Å². The molecule has 0 bridgehead atoms. The summed E-state index contributed by atoms with van der Waals surface area (Å²) >= 11 is 3.41. The number of rotatable bonds is 9. The van der Waals surface area contributed by atoms with E-state index in [4.69, 9.17) is 9.47 Å². The van der Waals surface area contributed by atoms with Crippen LogP contribution in [0.2, 0.25) is 0 Å². The summed E-state index contributed by atoms with van der Waals surface area (Å²) in [5, 5.41) is 7.03. The number of anilines is 1. The monoisotopic (exact) mass is 535 g/mol. The Morgan fingerprint density at radius 3 is 2.63 bits per heavy atom. The van der Waals surface area contributed by atoms with Crippen LogP contribution in [0.25, 0.3) is 6.08 Å². The van der Waals surface area contributed by atoms with Gasteiger partial charge in [-0.05, 0) is 65.7 Å². The van der Waals surface area contributed by atoms with Crippen molar-refractivity contribution in [2.75, 3.05) is 12.4 Å². The molecule has 0 aliphatic carbocycles. The number of ether oxygens (including phenoxy) is 2. The fraction of sp³-hybridized carbons (Fsp3) is 0.111. The predicted octanol–water partition coefficient (Wildman–Crippen LogP) is 6.07. The highest BCUT2D eigenvalue weighted by Gasteiger charge is 2.07. The van der Waals surface area contributed by atoms with Gasteiger partial charge >= 0.3 is 0 Å². The van der Waals surface area contributed by atoms with E-state index in [9.17, 15) is 9.18 Å². The maximum atomic E-state index is 13.1. The molecule has 1 aromatic heterocycles. The highest BCUT2D eigenvalue weighted by atomic mass is 79.9.